The largest absolute Gasteiger partial charge is 0.314 e. The highest BCUT2D eigenvalue weighted by atomic mass is 32.2. The summed E-state index contributed by atoms with van der Waals surface area (Å²) in [4.78, 5) is 0. The van der Waals surface area contributed by atoms with E-state index in [1.54, 1.807) is 0 Å². The minimum absolute atomic E-state index is 0.609. The Labute approximate surface area is 117 Å². The fourth-order valence-corrected chi connectivity index (χ4v) is 3.83. The number of hydrogen-bond donors (Lipinski definition) is 1. The Bertz CT molecular complexity index is 249. The van der Waals surface area contributed by atoms with Crippen LogP contribution >= 0.6 is 11.9 Å². The van der Waals surface area contributed by atoms with Crippen molar-refractivity contribution in [3.63, 3.8) is 0 Å². The fraction of sp³-hybridized carbons (Fsp3) is 0.867. The zero-order valence-corrected chi connectivity index (χ0v) is 12.6. The van der Waals surface area contributed by atoms with E-state index in [-0.39, 0.29) is 0 Å². The lowest BCUT2D eigenvalue weighted by atomic mass is 9.89. The highest BCUT2D eigenvalue weighted by Crippen LogP contribution is 2.25. The van der Waals surface area contributed by atoms with Crippen LogP contribution in [0.5, 0.6) is 0 Å². The number of allylic oxidation sites excluding steroid dienone is 1. The third-order valence-corrected chi connectivity index (χ3v) is 5.32. The minimum Gasteiger partial charge on any atom is -0.314 e. The smallest absolute Gasteiger partial charge is 0.0508 e. The molecule has 0 aromatic heterocycles. The van der Waals surface area contributed by atoms with Gasteiger partial charge in [0.1, 0.15) is 0 Å². The molecule has 1 saturated carbocycles. The van der Waals surface area contributed by atoms with Gasteiger partial charge in [0, 0.05) is 25.4 Å². The Morgan fingerprint density at radius 1 is 1.22 bits per heavy atom. The van der Waals surface area contributed by atoms with E-state index < -0.39 is 0 Å². The first-order valence-corrected chi connectivity index (χ1v) is 8.63. The summed E-state index contributed by atoms with van der Waals surface area (Å²) in [5.41, 5.74) is 0. The van der Waals surface area contributed by atoms with E-state index in [1.165, 1.54) is 50.8 Å². The van der Waals surface area contributed by atoms with Crippen LogP contribution < -0.4 is 5.32 Å². The van der Waals surface area contributed by atoms with Crippen LogP contribution in [0, 0.1) is 5.92 Å². The first-order valence-electron chi connectivity index (χ1n) is 7.68. The molecule has 2 fully saturated rings. The lowest BCUT2D eigenvalue weighted by Crippen LogP contribution is -2.47. The quantitative estimate of drug-likeness (QED) is 0.607. The molecule has 18 heavy (non-hydrogen) atoms. The predicted molar refractivity (Wildman–Crippen MR) is 81.8 cm³/mol. The topological polar surface area (TPSA) is 15.3 Å². The molecule has 0 radical (unpaired) electrons. The molecule has 1 N–H and O–H groups in total. The first-order chi connectivity index (χ1) is 8.90. The van der Waals surface area contributed by atoms with Crippen molar-refractivity contribution in [3.05, 3.63) is 12.2 Å². The Morgan fingerprint density at radius 2 is 2.06 bits per heavy atom. The molecule has 0 amide bonds. The Hall–Kier alpha value is 0.0100. The second-order valence-electron chi connectivity index (χ2n) is 5.53. The second-order valence-corrected chi connectivity index (χ2v) is 6.66. The average Bonchev–Trinajstić information content (AvgIpc) is 2.45. The molecular formula is C15H28N2S. The van der Waals surface area contributed by atoms with Gasteiger partial charge in [-0.3, -0.25) is 0 Å². The molecule has 2 nitrogen and oxygen atoms in total. The molecule has 1 heterocycles. The average molecular weight is 268 g/mol. The van der Waals surface area contributed by atoms with E-state index in [4.69, 9.17) is 0 Å². The van der Waals surface area contributed by atoms with Gasteiger partial charge in [-0.05, 0) is 25.2 Å². The summed E-state index contributed by atoms with van der Waals surface area (Å²) < 4.78 is 2.58. The van der Waals surface area contributed by atoms with Crippen molar-refractivity contribution in [3.8, 4) is 0 Å². The van der Waals surface area contributed by atoms with Crippen LogP contribution in [0.2, 0.25) is 0 Å². The van der Waals surface area contributed by atoms with Gasteiger partial charge in [0.2, 0.25) is 0 Å². The number of nitrogens with one attached hydrogen (secondary N) is 1. The van der Waals surface area contributed by atoms with E-state index in [0.717, 1.165) is 19.0 Å². The van der Waals surface area contributed by atoms with Gasteiger partial charge in [-0.1, -0.05) is 50.3 Å². The highest BCUT2D eigenvalue weighted by molar-refractivity contribution is 7.97. The third kappa shape index (κ3) is 4.60. The molecule has 0 bridgehead atoms. The van der Waals surface area contributed by atoms with Crippen LogP contribution in [0.3, 0.4) is 0 Å². The summed E-state index contributed by atoms with van der Waals surface area (Å²) in [7, 11) is 0. The summed E-state index contributed by atoms with van der Waals surface area (Å²) in [6.07, 6.45) is 13.4. The SMILES string of the molecule is CCCSN1CCNCC1/C=C/C1CCCCC1. The normalized spacial score (nSPS) is 27.9. The lowest BCUT2D eigenvalue weighted by molar-refractivity contribution is 0.332. The maximum atomic E-state index is 3.52. The molecule has 0 aromatic rings. The van der Waals surface area contributed by atoms with Crippen molar-refractivity contribution >= 4 is 11.9 Å². The van der Waals surface area contributed by atoms with Crippen LogP contribution in [-0.2, 0) is 0 Å². The Balaban J connectivity index is 1.81. The molecule has 1 saturated heterocycles. The lowest BCUT2D eigenvalue weighted by Gasteiger charge is -2.33. The van der Waals surface area contributed by atoms with Crippen LogP contribution in [0.4, 0.5) is 0 Å². The zero-order valence-electron chi connectivity index (χ0n) is 11.7. The van der Waals surface area contributed by atoms with E-state index >= 15 is 0 Å². The maximum absolute atomic E-state index is 3.52. The molecule has 1 aliphatic heterocycles. The van der Waals surface area contributed by atoms with E-state index in [1.807, 2.05) is 11.9 Å². The van der Waals surface area contributed by atoms with Gasteiger partial charge in [0.15, 0.2) is 0 Å². The van der Waals surface area contributed by atoms with Crippen molar-refractivity contribution in [1.29, 1.82) is 0 Å². The van der Waals surface area contributed by atoms with E-state index in [0.29, 0.717) is 6.04 Å². The van der Waals surface area contributed by atoms with Crippen molar-refractivity contribution < 1.29 is 0 Å². The summed E-state index contributed by atoms with van der Waals surface area (Å²) in [6.45, 7) is 5.72. The van der Waals surface area contributed by atoms with Gasteiger partial charge in [0.05, 0.1) is 6.04 Å². The molecular weight excluding hydrogens is 240 g/mol. The molecule has 0 aromatic carbocycles. The number of nitrogens with zero attached hydrogens (tertiary/aromatic N) is 1. The number of rotatable bonds is 5. The first kappa shape index (κ1) is 14.4. The van der Waals surface area contributed by atoms with Gasteiger partial charge in [-0.2, -0.15) is 0 Å². The molecule has 2 aliphatic rings. The Kier molecular flexibility index (Phi) is 6.60. The number of piperazine rings is 1. The summed E-state index contributed by atoms with van der Waals surface area (Å²) in [5.74, 6) is 2.12. The molecule has 1 aliphatic carbocycles. The molecule has 3 heteroatoms. The summed E-state index contributed by atoms with van der Waals surface area (Å²) >= 11 is 2.03. The van der Waals surface area contributed by atoms with Crippen LogP contribution in [0.15, 0.2) is 12.2 Å². The zero-order chi connectivity index (χ0) is 12.6. The van der Waals surface area contributed by atoms with Gasteiger partial charge in [0.25, 0.3) is 0 Å². The van der Waals surface area contributed by atoms with Gasteiger partial charge in [-0.15, -0.1) is 0 Å². The summed E-state index contributed by atoms with van der Waals surface area (Å²) in [6, 6.07) is 0.609. The maximum Gasteiger partial charge on any atom is 0.0508 e. The van der Waals surface area contributed by atoms with E-state index in [2.05, 4.69) is 28.7 Å². The standard InChI is InChI=1S/C15H28N2S/c1-2-12-18-17-11-10-16-13-15(17)9-8-14-6-4-3-5-7-14/h8-9,14-16H,2-7,10-13H2,1H3/b9-8+. The van der Waals surface area contributed by atoms with Crippen molar-refractivity contribution in [1.82, 2.24) is 9.62 Å². The molecule has 1 atom stereocenters. The van der Waals surface area contributed by atoms with Gasteiger partial charge in [-0.25, -0.2) is 4.31 Å². The molecule has 2 rings (SSSR count). The molecule has 1 unspecified atom stereocenters. The minimum atomic E-state index is 0.609. The molecule has 104 valence electrons. The monoisotopic (exact) mass is 268 g/mol. The van der Waals surface area contributed by atoms with Gasteiger partial charge < -0.3 is 5.32 Å². The predicted octanol–water partition coefficient (Wildman–Crippen LogP) is 3.45. The third-order valence-electron chi connectivity index (χ3n) is 3.95. The highest BCUT2D eigenvalue weighted by Gasteiger charge is 2.20. The number of hydrogen-bond acceptors (Lipinski definition) is 3. The van der Waals surface area contributed by atoms with Crippen LogP contribution in [0.1, 0.15) is 45.4 Å². The van der Waals surface area contributed by atoms with Crippen LogP contribution in [-0.4, -0.2) is 35.7 Å². The molecule has 0 spiro atoms. The van der Waals surface area contributed by atoms with Crippen molar-refractivity contribution in [2.45, 2.75) is 51.5 Å². The van der Waals surface area contributed by atoms with Gasteiger partial charge >= 0.3 is 0 Å². The Morgan fingerprint density at radius 3 is 2.83 bits per heavy atom. The fourth-order valence-electron chi connectivity index (χ4n) is 2.85. The van der Waals surface area contributed by atoms with E-state index in [9.17, 15) is 0 Å². The van der Waals surface area contributed by atoms with Crippen molar-refractivity contribution in [2.75, 3.05) is 25.4 Å². The summed E-state index contributed by atoms with van der Waals surface area (Å²) in [5, 5.41) is 3.52. The van der Waals surface area contributed by atoms with Crippen LogP contribution in [0.25, 0.3) is 0 Å². The van der Waals surface area contributed by atoms with Crippen molar-refractivity contribution in [2.24, 2.45) is 5.92 Å². The second kappa shape index (κ2) is 8.23.